The predicted molar refractivity (Wildman–Crippen MR) is 64.8 cm³/mol. The molecule has 1 aromatic carbocycles. The maximum Gasteiger partial charge on any atom is 0.129 e. The van der Waals surface area contributed by atoms with Crippen LogP contribution in [0.1, 0.15) is 17.2 Å². The molecule has 0 bridgehead atoms. The fourth-order valence-corrected chi connectivity index (χ4v) is 1.85. The topological polar surface area (TPSA) is 50.9 Å². The normalized spacial score (nSPS) is 12.4. The smallest absolute Gasteiger partial charge is 0.129 e. The Morgan fingerprint density at radius 3 is 2.71 bits per heavy atom. The van der Waals surface area contributed by atoms with E-state index in [1.807, 2.05) is 0 Å². The molecule has 17 heavy (non-hydrogen) atoms. The lowest BCUT2D eigenvalue weighted by molar-refractivity contribution is 0.560. The standard InChI is InChI=1S/C12H11ClFN3/c13-11-7-8(5-6-16-11)12(17-15)9-3-1-2-4-10(9)14/h1-7,12,17H,15H2. The van der Waals surface area contributed by atoms with Gasteiger partial charge in [-0.3, -0.25) is 5.84 Å². The summed E-state index contributed by atoms with van der Waals surface area (Å²) in [5, 5.41) is 0.346. The molecule has 3 nitrogen and oxygen atoms in total. The van der Waals surface area contributed by atoms with Gasteiger partial charge in [0.25, 0.3) is 0 Å². The van der Waals surface area contributed by atoms with Crippen molar-refractivity contribution in [2.75, 3.05) is 0 Å². The first-order chi connectivity index (χ1) is 8.22. The summed E-state index contributed by atoms with van der Waals surface area (Å²) in [7, 11) is 0. The molecule has 0 saturated heterocycles. The number of nitrogens with one attached hydrogen (secondary N) is 1. The first-order valence-corrected chi connectivity index (χ1v) is 5.42. The largest absolute Gasteiger partial charge is 0.271 e. The van der Waals surface area contributed by atoms with Crippen molar-refractivity contribution in [1.29, 1.82) is 0 Å². The zero-order valence-electron chi connectivity index (χ0n) is 8.90. The molecule has 0 aliphatic rings. The summed E-state index contributed by atoms with van der Waals surface area (Å²) in [6.07, 6.45) is 1.56. The second-order valence-electron chi connectivity index (χ2n) is 3.53. The van der Waals surface area contributed by atoms with Crippen molar-refractivity contribution in [3.05, 3.63) is 64.7 Å². The second kappa shape index (κ2) is 5.23. The first kappa shape index (κ1) is 12.0. The highest BCUT2D eigenvalue weighted by Crippen LogP contribution is 2.24. The lowest BCUT2D eigenvalue weighted by Gasteiger charge is -2.17. The first-order valence-electron chi connectivity index (χ1n) is 5.04. The van der Waals surface area contributed by atoms with Crippen molar-refractivity contribution < 1.29 is 4.39 Å². The number of halogens is 2. The van der Waals surface area contributed by atoms with Crippen LogP contribution in [0.15, 0.2) is 42.6 Å². The number of rotatable bonds is 3. The molecular weight excluding hydrogens is 241 g/mol. The van der Waals surface area contributed by atoms with Gasteiger partial charge in [0.2, 0.25) is 0 Å². The molecule has 2 aromatic rings. The maximum atomic E-state index is 13.7. The highest BCUT2D eigenvalue weighted by Gasteiger charge is 2.16. The Morgan fingerprint density at radius 1 is 1.29 bits per heavy atom. The van der Waals surface area contributed by atoms with E-state index in [-0.39, 0.29) is 5.82 Å². The van der Waals surface area contributed by atoms with Gasteiger partial charge in [-0.2, -0.15) is 0 Å². The number of pyridine rings is 1. The molecule has 0 radical (unpaired) electrons. The molecule has 1 aromatic heterocycles. The van der Waals surface area contributed by atoms with Crippen LogP contribution in [-0.2, 0) is 0 Å². The van der Waals surface area contributed by atoms with Gasteiger partial charge in [0.1, 0.15) is 11.0 Å². The number of benzene rings is 1. The summed E-state index contributed by atoms with van der Waals surface area (Å²) in [5.41, 5.74) is 3.81. The third kappa shape index (κ3) is 2.61. The van der Waals surface area contributed by atoms with Gasteiger partial charge in [-0.05, 0) is 23.8 Å². The molecule has 0 aliphatic heterocycles. The zero-order chi connectivity index (χ0) is 12.3. The Labute approximate surface area is 103 Å². The molecule has 88 valence electrons. The van der Waals surface area contributed by atoms with Crippen LogP contribution in [0.4, 0.5) is 4.39 Å². The fraction of sp³-hybridized carbons (Fsp3) is 0.0833. The zero-order valence-corrected chi connectivity index (χ0v) is 9.66. The highest BCUT2D eigenvalue weighted by atomic mass is 35.5. The Morgan fingerprint density at radius 2 is 2.06 bits per heavy atom. The van der Waals surface area contributed by atoms with Gasteiger partial charge in [0.05, 0.1) is 6.04 Å². The molecular formula is C12H11ClFN3. The van der Waals surface area contributed by atoms with Crippen molar-refractivity contribution in [3.63, 3.8) is 0 Å². The van der Waals surface area contributed by atoms with Crippen molar-refractivity contribution in [3.8, 4) is 0 Å². The number of aromatic nitrogens is 1. The molecule has 0 amide bonds. The van der Waals surface area contributed by atoms with Gasteiger partial charge in [0.15, 0.2) is 0 Å². The number of nitrogens with two attached hydrogens (primary N) is 1. The summed E-state index contributed by atoms with van der Waals surface area (Å²) in [6.45, 7) is 0. The van der Waals surface area contributed by atoms with Crippen LogP contribution in [0.5, 0.6) is 0 Å². The van der Waals surface area contributed by atoms with Crippen LogP contribution in [0.25, 0.3) is 0 Å². The number of hydrogen-bond donors (Lipinski definition) is 2. The van der Waals surface area contributed by atoms with Gasteiger partial charge >= 0.3 is 0 Å². The second-order valence-corrected chi connectivity index (χ2v) is 3.92. The van der Waals surface area contributed by atoms with E-state index in [1.165, 1.54) is 6.07 Å². The molecule has 0 aliphatic carbocycles. The summed E-state index contributed by atoms with van der Waals surface area (Å²) in [5.74, 6) is 5.16. The predicted octanol–water partition coefficient (Wildman–Crippen LogP) is 2.43. The van der Waals surface area contributed by atoms with Crippen molar-refractivity contribution in [1.82, 2.24) is 10.4 Å². The van der Waals surface area contributed by atoms with Crippen molar-refractivity contribution in [2.45, 2.75) is 6.04 Å². The monoisotopic (exact) mass is 251 g/mol. The molecule has 0 spiro atoms. The SMILES string of the molecule is NNC(c1ccnc(Cl)c1)c1ccccc1F. The lowest BCUT2D eigenvalue weighted by atomic mass is 10.00. The van der Waals surface area contributed by atoms with E-state index in [9.17, 15) is 4.39 Å². The lowest BCUT2D eigenvalue weighted by Crippen LogP contribution is -2.29. The summed E-state index contributed by atoms with van der Waals surface area (Å²) < 4.78 is 13.7. The Balaban J connectivity index is 2.44. The van der Waals surface area contributed by atoms with E-state index in [4.69, 9.17) is 17.4 Å². The van der Waals surface area contributed by atoms with E-state index >= 15 is 0 Å². The van der Waals surface area contributed by atoms with Gasteiger partial charge < -0.3 is 0 Å². The molecule has 0 saturated carbocycles. The van der Waals surface area contributed by atoms with E-state index in [2.05, 4.69) is 10.4 Å². The Kier molecular flexibility index (Phi) is 3.68. The van der Waals surface area contributed by atoms with Gasteiger partial charge in [-0.25, -0.2) is 14.8 Å². The molecule has 1 unspecified atom stereocenters. The van der Waals surface area contributed by atoms with E-state index in [0.717, 1.165) is 5.56 Å². The van der Waals surface area contributed by atoms with E-state index in [1.54, 1.807) is 36.5 Å². The quantitative estimate of drug-likeness (QED) is 0.500. The number of nitrogens with zero attached hydrogens (tertiary/aromatic N) is 1. The van der Waals surface area contributed by atoms with Gasteiger partial charge in [0, 0.05) is 11.8 Å². The number of hydrazine groups is 1. The average Bonchev–Trinajstić information content (AvgIpc) is 2.33. The highest BCUT2D eigenvalue weighted by molar-refractivity contribution is 6.29. The molecule has 0 fully saturated rings. The third-order valence-corrected chi connectivity index (χ3v) is 2.67. The van der Waals surface area contributed by atoms with Crippen LogP contribution in [0.2, 0.25) is 5.15 Å². The van der Waals surface area contributed by atoms with Crippen LogP contribution in [-0.4, -0.2) is 4.98 Å². The van der Waals surface area contributed by atoms with E-state index < -0.39 is 6.04 Å². The summed E-state index contributed by atoms with van der Waals surface area (Å²) in [4.78, 5) is 3.88. The Bertz CT molecular complexity index is 519. The maximum absolute atomic E-state index is 13.7. The fourth-order valence-electron chi connectivity index (χ4n) is 1.67. The van der Waals surface area contributed by atoms with Gasteiger partial charge in [-0.15, -0.1) is 0 Å². The summed E-state index contributed by atoms with van der Waals surface area (Å²) in [6, 6.07) is 9.40. The van der Waals surface area contributed by atoms with Crippen LogP contribution in [0.3, 0.4) is 0 Å². The van der Waals surface area contributed by atoms with Gasteiger partial charge in [-0.1, -0.05) is 29.8 Å². The molecule has 2 rings (SSSR count). The minimum absolute atomic E-state index is 0.316. The van der Waals surface area contributed by atoms with E-state index in [0.29, 0.717) is 10.7 Å². The van der Waals surface area contributed by atoms with Crippen LogP contribution >= 0.6 is 11.6 Å². The van der Waals surface area contributed by atoms with Crippen LogP contribution in [0, 0.1) is 5.82 Å². The molecule has 1 atom stereocenters. The average molecular weight is 252 g/mol. The molecule has 1 heterocycles. The molecule has 5 heteroatoms. The molecule has 3 N–H and O–H groups in total. The number of hydrogen-bond acceptors (Lipinski definition) is 3. The Hall–Kier alpha value is -1.49. The van der Waals surface area contributed by atoms with Crippen molar-refractivity contribution >= 4 is 11.6 Å². The van der Waals surface area contributed by atoms with Crippen molar-refractivity contribution in [2.24, 2.45) is 5.84 Å². The van der Waals surface area contributed by atoms with Crippen LogP contribution < -0.4 is 11.3 Å². The summed E-state index contributed by atoms with van der Waals surface area (Å²) >= 11 is 5.80. The third-order valence-electron chi connectivity index (χ3n) is 2.47. The minimum atomic E-state index is -0.448. The minimum Gasteiger partial charge on any atom is -0.271 e.